The first-order valence-electron chi connectivity index (χ1n) is 10.3. The minimum Gasteiger partial charge on any atom is -0.369 e. The average molecular weight is 328 g/mol. The average Bonchev–Trinajstić information content (AvgIpc) is 2.56. The largest absolute Gasteiger partial charge is 0.369 e. The Balaban J connectivity index is 0. The molecule has 1 rings (SSSR count). The lowest BCUT2D eigenvalue weighted by Crippen LogP contribution is -2.26. The van der Waals surface area contributed by atoms with E-state index in [1.54, 1.807) is 0 Å². The van der Waals surface area contributed by atoms with E-state index in [9.17, 15) is 4.79 Å². The summed E-state index contributed by atoms with van der Waals surface area (Å²) < 4.78 is 0. The Morgan fingerprint density at radius 2 is 1.13 bits per heavy atom. The van der Waals surface area contributed by atoms with Gasteiger partial charge in [0.15, 0.2) is 0 Å². The van der Waals surface area contributed by atoms with Crippen LogP contribution in [0.5, 0.6) is 0 Å². The van der Waals surface area contributed by atoms with Crippen LogP contribution < -0.4 is 5.73 Å². The van der Waals surface area contributed by atoms with Crippen molar-refractivity contribution in [3.05, 3.63) is 0 Å². The van der Waals surface area contributed by atoms with E-state index in [1.807, 2.05) is 0 Å². The molecule has 1 aliphatic carbocycles. The van der Waals surface area contributed by atoms with Gasteiger partial charge in [0.05, 0.1) is 0 Å². The highest BCUT2D eigenvalue weighted by molar-refractivity contribution is 5.76. The van der Waals surface area contributed by atoms with Crippen LogP contribution in [-0.2, 0) is 4.79 Å². The number of hydrogen-bond acceptors (Lipinski definition) is 1. The first kappa shape index (κ1) is 24.7. The summed E-state index contributed by atoms with van der Waals surface area (Å²) in [4.78, 5) is 10.7. The van der Waals surface area contributed by atoms with Crippen LogP contribution in [0, 0.1) is 11.8 Å². The molecule has 0 heterocycles. The molecule has 2 heteroatoms. The Morgan fingerprint density at radius 1 is 0.739 bits per heavy atom. The van der Waals surface area contributed by atoms with Crippen LogP contribution in [0.2, 0.25) is 0 Å². The predicted octanol–water partition coefficient (Wildman–Crippen LogP) is 6.86. The summed E-state index contributed by atoms with van der Waals surface area (Å²) in [5.74, 6) is 0.874. The molecule has 0 atom stereocenters. The molecule has 0 unspecified atom stereocenters. The maximum absolute atomic E-state index is 10.7. The zero-order valence-electron chi connectivity index (χ0n) is 16.8. The van der Waals surface area contributed by atoms with Crippen LogP contribution >= 0.6 is 0 Å². The van der Waals surface area contributed by atoms with E-state index < -0.39 is 0 Å². The normalized spacial score (nSPS) is 19.9. The lowest BCUT2D eigenvalue weighted by atomic mass is 9.83. The number of carbonyl (C=O) groups excluding carboxylic acids is 1. The molecule has 1 aliphatic rings. The van der Waals surface area contributed by atoms with Crippen LogP contribution in [0.25, 0.3) is 0 Å². The van der Waals surface area contributed by atoms with Gasteiger partial charge in [-0.05, 0) is 31.6 Å². The highest BCUT2D eigenvalue weighted by Crippen LogP contribution is 2.27. The van der Waals surface area contributed by atoms with Crippen molar-refractivity contribution >= 4 is 5.91 Å². The van der Waals surface area contributed by atoms with Gasteiger partial charge in [-0.2, -0.15) is 0 Å². The third-order valence-electron chi connectivity index (χ3n) is 4.63. The first-order valence-corrected chi connectivity index (χ1v) is 10.3. The van der Waals surface area contributed by atoms with E-state index in [4.69, 9.17) is 5.73 Å². The molecule has 2 nitrogen and oxygen atoms in total. The van der Waals surface area contributed by atoms with Gasteiger partial charge in [-0.1, -0.05) is 92.4 Å². The van der Waals surface area contributed by atoms with E-state index in [0.717, 1.165) is 18.8 Å². The molecule has 140 valence electrons. The van der Waals surface area contributed by atoms with Crippen molar-refractivity contribution in [1.82, 2.24) is 0 Å². The number of hydrogen-bond donors (Lipinski definition) is 1. The van der Waals surface area contributed by atoms with Crippen LogP contribution in [0.1, 0.15) is 118 Å². The van der Waals surface area contributed by atoms with E-state index >= 15 is 0 Å². The van der Waals surface area contributed by atoms with Gasteiger partial charge in [-0.15, -0.1) is 0 Å². The second kappa shape index (κ2) is 19.5. The molecular weight excluding hydrogens is 282 g/mol. The first-order chi connectivity index (χ1) is 11.0. The van der Waals surface area contributed by atoms with Crippen molar-refractivity contribution < 1.29 is 4.79 Å². The summed E-state index contributed by atoms with van der Waals surface area (Å²) in [6.45, 7) is 11.1. The number of carbonyl (C=O) groups is 1. The van der Waals surface area contributed by atoms with Crippen molar-refractivity contribution in [3.63, 3.8) is 0 Å². The molecule has 0 aliphatic heterocycles. The molecule has 1 amide bonds. The molecule has 0 spiro atoms. The van der Waals surface area contributed by atoms with Crippen LogP contribution in [0.15, 0.2) is 0 Å². The highest BCUT2D eigenvalue weighted by atomic mass is 16.1. The SMILES string of the molecule is CC1CCC(C(N)=O)CC1.CCCC.CCCCCCCCC. The third-order valence-corrected chi connectivity index (χ3v) is 4.63. The predicted molar refractivity (Wildman–Crippen MR) is 105 cm³/mol. The second-order valence-electron chi connectivity index (χ2n) is 7.13. The molecule has 0 aromatic heterocycles. The minimum absolute atomic E-state index is 0.105. The van der Waals surface area contributed by atoms with Gasteiger partial charge in [0, 0.05) is 5.92 Å². The van der Waals surface area contributed by atoms with Gasteiger partial charge in [-0.3, -0.25) is 4.79 Å². The Kier molecular flexibility index (Phi) is 21.0. The van der Waals surface area contributed by atoms with Gasteiger partial charge in [0.25, 0.3) is 0 Å². The number of amides is 1. The molecule has 0 radical (unpaired) electrons. The molecule has 0 bridgehead atoms. The standard InChI is InChI=1S/C9H20.C8H15NO.C4H10/c1-3-5-7-9-8-6-4-2;1-6-2-4-7(5-3-6)8(9)10;1-3-4-2/h3-9H2,1-2H3;6-7H,2-5H2,1H3,(H2,9,10);3-4H2,1-2H3. The van der Waals surface area contributed by atoms with E-state index in [-0.39, 0.29) is 11.8 Å². The fraction of sp³-hybridized carbons (Fsp3) is 0.952. The lowest BCUT2D eigenvalue weighted by molar-refractivity contribution is -0.122. The zero-order valence-corrected chi connectivity index (χ0v) is 16.8. The Labute approximate surface area is 147 Å². The van der Waals surface area contributed by atoms with Crippen molar-refractivity contribution in [1.29, 1.82) is 0 Å². The summed E-state index contributed by atoms with van der Waals surface area (Å²) in [6, 6.07) is 0. The van der Waals surface area contributed by atoms with Crippen molar-refractivity contribution in [3.8, 4) is 0 Å². The van der Waals surface area contributed by atoms with Crippen LogP contribution in [-0.4, -0.2) is 5.91 Å². The topological polar surface area (TPSA) is 43.1 Å². The quantitative estimate of drug-likeness (QED) is 0.486. The number of nitrogens with two attached hydrogens (primary N) is 1. The van der Waals surface area contributed by atoms with Gasteiger partial charge in [0.1, 0.15) is 0 Å². The molecule has 0 aromatic carbocycles. The highest BCUT2D eigenvalue weighted by Gasteiger charge is 2.21. The van der Waals surface area contributed by atoms with Crippen molar-refractivity contribution in [2.24, 2.45) is 17.6 Å². The molecule has 23 heavy (non-hydrogen) atoms. The van der Waals surface area contributed by atoms with E-state index in [2.05, 4.69) is 34.6 Å². The Morgan fingerprint density at radius 3 is 1.43 bits per heavy atom. The lowest BCUT2D eigenvalue weighted by Gasteiger charge is -2.23. The summed E-state index contributed by atoms with van der Waals surface area (Å²) >= 11 is 0. The molecule has 0 saturated heterocycles. The summed E-state index contributed by atoms with van der Waals surface area (Å²) in [6.07, 6.45) is 17.0. The van der Waals surface area contributed by atoms with E-state index in [1.165, 1.54) is 70.6 Å². The third kappa shape index (κ3) is 19.4. The zero-order chi connectivity index (χ0) is 17.9. The minimum atomic E-state index is -0.105. The van der Waals surface area contributed by atoms with Crippen molar-refractivity contribution in [2.75, 3.05) is 0 Å². The molecule has 1 fully saturated rings. The Hall–Kier alpha value is -0.530. The number of rotatable bonds is 8. The maximum atomic E-state index is 10.7. The fourth-order valence-electron chi connectivity index (χ4n) is 2.57. The van der Waals surface area contributed by atoms with Crippen molar-refractivity contribution in [2.45, 2.75) is 118 Å². The molecule has 2 N–H and O–H groups in total. The van der Waals surface area contributed by atoms with E-state index in [0.29, 0.717) is 0 Å². The summed E-state index contributed by atoms with van der Waals surface area (Å²) in [5, 5.41) is 0. The summed E-state index contributed by atoms with van der Waals surface area (Å²) in [7, 11) is 0. The Bertz CT molecular complexity index is 224. The van der Waals surface area contributed by atoms with Gasteiger partial charge < -0.3 is 5.73 Å². The molecule has 1 saturated carbocycles. The smallest absolute Gasteiger partial charge is 0.220 e. The van der Waals surface area contributed by atoms with Crippen LogP contribution in [0.3, 0.4) is 0 Å². The number of unbranched alkanes of at least 4 members (excludes halogenated alkanes) is 7. The second-order valence-corrected chi connectivity index (χ2v) is 7.13. The monoisotopic (exact) mass is 327 g/mol. The number of primary amides is 1. The maximum Gasteiger partial charge on any atom is 0.220 e. The van der Waals surface area contributed by atoms with Crippen LogP contribution in [0.4, 0.5) is 0 Å². The van der Waals surface area contributed by atoms with Gasteiger partial charge in [-0.25, -0.2) is 0 Å². The molecule has 0 aromatic rings. The van der Waals surface area contributed by atoms with Gasteiger partial charge in [0.2, 0.25) is 5.91 Å². The summed E-state index contributed by atoms with van der Waals surface area (Å²) in [5.41, 5.74) is 5.17. The fourth-order valence-corrected chi connectivity index (χ4v) is 2.57. The van der Waals surface area contributed by atoms with Gasteiger partial charge >= 0.3 is 0 Å². The molecular formula is C21H45NO.